The first-order chi connectivity index (χ1) is 45.2. The van der Waals surface area contributed by atoms with Crippen molar-refractivity contribution in [2.24, 2.45) is 71.0 Å². The summed E-state index contributed by atoms with van der Waals surface area (Å²) in [5.74, 6) is 12.4. The maximum absolute atomic E-state index is 13.5. The van der Waals surface area contributed by atoms with E-state index in [9.17, 15) is 14.4 Å². The van der Waals surface area contributed by atoms with Crippen LogP contribution in [-0.2, 0) is 28.6 Å². The molecule has 19 rings (SSSR count). The average Bonchev–Trinajstić information content (AvgIpc) is 0.817. The van der Waals surface area contributed by atoms with E-state index in [0.29, 0.717) is 87.3 Å². The summed E-state index contributed by atoms with van der Waals surface area (Å²) >= 11 is 13.6. The fourth-order valence-corrected chi connectivity index (χ4v) is 25.6. The average molecular weight is 1960 g/mol. The van der Waals surface area contributed by atoms with Crippen molar-refractivity contribution in [3.8, 4) is 62.9 Å². The Kier molecular flexibility index (Phi) is 18.2. The molecule has 12 bridgehead atoms. The summed E-state index contributed by atoms with van der Waals surface area (Å²) in [6, 6.07) is 32.8. The largest absolute Gasteiger partial charge is 0.481 e. The number of esters is 3. The predicted molar refractivity (Wildman–Crippen MR) is 409 cm³/mol. The highest BCUT2D eigenvalue weighted by Gasteiger charge is 2.60. The minimum atomic E-state index is -1.04. The molecule has 0 saturated heterocycles. The number of carbonyl (C=O) groups is 3. The molecule has 12 aliphatic carbocycles. The number of halogens is 6. The Morgan fingerprint density at radius 3 is 0.904 bits per heavy atom. The number of hydrogen-bond donors (Lipinski definition) is 1. The van der Waals surface area contributed by atoms with E-state index in [0.717, 1.165) is 73.0 Å². The van der Waals surface area contributed by atoms with Crippen LogP contribution in [0.3, 0.4) is 0 Å². The van der Waals surface area contributed by atoms with Crippen LogP contribution in [0.1, 0.15) is 117 Å². The minimum Gasteiger partial charge on any atom is -0.481 e. The SMILES string of the molecule is CC1(OC(=O)COc2cc(I)c(Oc3ccc([SH]4c5ccc(Oc6cc(I)c(OCC(=O)OC7(C)C8CC9CC(C8)CC7C9)cc6I)cc5-c5cc(Oc6cc(I)c(OCC(=O)OC7(C)C8CC9CC(C8)CC7C9)cc6I)ccc54)cc3)cc2I)C2CC3CC(C2)CC1C3. The molecule has 6 aromatic rings. The molecule has 494 valence electrons. The number of thiol groups is 1. The third-order valence-electron chi connectivity index (χ3n) is 23.8. The van der Waals surface area contributed by atoms with Crippen molar-refractivity contribution >= 4 is 164 Å². The maximum Gasteiger partial charge on any atom is 0.344 e. The minimum absolute atomic E-state index is 0.136. The summed E-state index contributed by atoms with van der Waals surface area (Å²) in [7, 11) is -1.04. The first-order valence-corrected chi connectivity index (χ1v) is 41.2. The fraction of sp³-hybridized carbons (Fsp3) is 0.480. The molecule has 94 heavy (non-hydrogen) atoms. The fourth-order valence-electron chi connectivity index (χ4n) is 19.6. The van der Waals surface area contributed by atoms with Crippen molar-refractivity contribution < 1.29 is 57.0 Å². The number of fused-ring (bicyclic) bond motifs is 3. The lowest BCUT2D eigenvalue weighted by Crippen LogP contribution is -2.58. The van der Waals surface area contributed by atoms with Gasteiger partial charge >= 0.3 is 17.9 Å². The lowest BCUT2D eigenvalue weighted by atomic mass is 9.50. The molecule has 0 amide bonds. The Morgan fingerprint density at radius 1 is 0.351 bits per heavy atom. The van der Waals surface area contributed by atoms with Crippen LogP contribution in [0.2, 0.25) is 0 Å². The zero-order chi connectivity index (χ0) is 64.7. The van der Waals surface area contributed by atoms with Crippen LogP contribution in [0.4, 0.5) is 0 Å². The van der Waals surface area contributed by atoms with Crippen LogP contribution in [0.5, 0.6) is 51.7 Å². The highest BCUT2D eigenvalue weighted by Crippen LogP contribution is 2.66. The molecular formula is C75H74I6O12S. The van der Waals surface area contributed by atoms with Gasteiger partial charge in [0.25, 0.3) is 0 Å². The third kappa shape index (κ3) is 12.6. The van der Waals surface area contributed by atoms with E-state index in [2.05, 4.69) is 193 Å². The van der Waals surface area contributed by atoms with E-state index < -0.39 is 27.7 Å². The zero-order valence-electron chi connectivity index (χ0n) is 52.5. The maximum atomic E-state index is 13.5. The Morgan fingerprint density at radius 2 is 0.606 bits per heavy atom. The van der Waals surface area contributed by atoms with Gasteiger partial charge in [-0.15, -0.1) is 0 Å². The topological polar surface area (TPSA) is 134 Å². The molecule has 0 unspecified atom stereocenters. The van der Waals surface area contributed by atoms with E-state index in [-0.39, 0.29) is 37.7 Å². The number of carbonyl (C=O) groups excluding carboxylic acids is 3. The Balaban J connectivity index is 0.619. The van der Waals surface area contributed by atoms with Crippen molar-refractivity contribution in [2.45, 2.75) is 149 Å². The van der Waals surface area contributed by atoms with Crippen LogP contribution in [0.15, 0.2) is 112 Å². The van der Waals surface area contributed by atoms with Gasteiger partial charge in [-0.3, -0.25) is 0 Å². The highest BCUT2D eigenvalue weighted by atomic mass is 127. The predicted octanol–water partition coefficient (Wildman–Crippen LogP) is 20.6. The quantitative estimate of drug-likeness (QED) is 0.0357. The monoisotopic (exact) mass is 1960 g/mol. The van der Waals surface area contributed by atoms with Gasteiger partial charge in [0, 0.05) is 9.79 Å². The van der Waals surface area contributed by atoms with Crippen LogP contribution in [0, 0.1) is 92.4 Å². The van der Waals surface area contributed by atoms with Gasteiger partial charge in [-0.05, 0) is 437 Å². The molecule has 0 spiro atoms. The van der Waals surface area contributed by atoms with Crippen molar-refractivity contribution in [3.05, 3.63) is 118 Å². The lowest BCUT2D eigenvalue weighted by molar-refractivity contribution is -0.205. The van der Waals surface area contributed by atoms with Crippen LogP contribution in [-0.4, -0.2) is 54.5 Å². The number of rotatable bonds is 19. The molecule has 12 fully saturated rings. The summed E-state index contributed by atoms with van der Waals surface area (Å²) < 4.78 is 62.8. The van der Waals surface area contributed by atoms with Gasteiger partial charge in [0.2, 0.25) is 0 Å². The number of ether oxygens (including phenoxy) is 9. The van der Waals surface area contributed by atoms with Gasteiger partial charge < -0.3 is 42.6 Å². The molecule has 1 aliphatic heterocycles. The van der Waals surface area contributed by atoms with E-state index in [4.69, 9.17) is 42.6 Å². The molecule has 0 atom stereocenters. The van der Waals surface area contributed by atoms with Crippen molar-refractivity contribution in [1.82, 2.24) is 0 Å². The number of hydrogen-bond acceptors (Lipinski definition) is 12. The summed E-state index contributed by atoms with van der Waals surface area (Å²) in [5, 5.41) is 0. The first kappa shape index (κ1) is 65.8. The molecule has 13 aliphatic rings. The van der Waals surface area contributed by atoms with Crippen LogP contribution < -0.4 is 28.4 Å². The molecule has 12 nitrogen and oxygen atoms in total. The van der Waals surface area contributed by atoms with Gasteiger partial charge in [-0.1, -0.05) is 0 Å². The zero-order valence-corrected chi connectivity index (χ0v) is 66.3. The van der Waals surface area contributed by atoms with Gasteiger partial charge in [-0.25, -0.2) is 14.4 Å². The van der Waals surface area contributed by atoms with Crippen molar-refractivity contribution in [1.29, 1.82) is 0 Å². The van der Waals surface area contributed by atoms with E-state index in [1.165, 1.54) is 106 Å². The second-order valence-electron chi connectivity index (χ2n) is 29.4. The van der Waals surface area contributed by atoms with Gasteiger partial charge in [0.05, 0.1) is 21.4 Å². The first-order valence-electron chi connectivity index (χ1n) is 33.4. The second-order valence-corrected chi connectivity index (χ2v) is 38.5. The van der Waals surface area contributed by atoms with Gasteiger partial charge in [0.1, 0.15) is 68.5 Å². The van der Waals surface area contributed by atoms with Gasteiger partial charge in [0.15, 0.2) is 19.8 Å². The number of benzene rings is 6. The van der Waals surface area contributed by atoms with Crippen LogP contribution in [0.25, 0.3) is 11.1 Å². The molecule has 6 aromatic carbocycles. The summed E-state index contributed by atoms with van der Waals surface area (Å²) in [4.78, 5) is 43.9. The summed E-state index contributed by atoms with van der Waals surface area (Å²) in [6.07, 6.45) is 18.1. The molecule has 12 saturated carbocycles. The molecule has 19 heteroatoms. The molecule has 0 N–H and O–H groups in total. The normalized spacial score (nSPS) is 32.5. The lowest BCUT2D eigenvalue weighted by Gasteiger charge is -2.59. The van der Waals surface area contributed by atoms with E-state index >= 15 is 0 Å². The molecule has 0 aromatic heterocycles. The highest BCUT2D eigenvalue weighted by molar-refractivity contribution is 14.1. The molecule has 0 radical (unpaired) electrons. The second kappa shape index (κ2) is 26.0. The standard InChI is InChI=1S/C75H74I6O12S/c1-73(44-15-38-12-39(17-44)18-45(73)16-38)91-70(82)35-85-62-29-59(79)65(32-56(62)76)88-50-4-8-53(9-5-50)94-68-10-6-51(89-66-33-57(77)63(30-60(66)80)86-36-71(83)92-74(2)46-19-40-13-41(21-46)22-47(74)20-40)27-54(68)55-28-52(7-11-69(55)94)90-67-34-58(78)64(31-61(67)81)87-37-72(84)93-75(3)48-23-42-14-43(25-48)26-49(75)24-42/h4-11,27-34,38-49,94H,12-26,35-37H2,1-3H3. The Hall–Kier alpha value is -2.74. The van der Waals surface area contributed by atoms with Crippen molar-refractivity contribution in [2.75, 3.05) is 19.8 Å². The Labute approximate surface area is 634 Å². The third-order valence-corrected chi connectivity index (χ3v) is 31.4. The summed E-state index contributed by atoms with van der Waals surface area (Å²) in [6.45, 7) is 6.08. The van der Waals surface area contributed by atoms with E-state index in [1.54, 1.807) is 0 Å². The van der Waals surface area contributed by atoms with E-state index in [1.807, 2.05) is 60.7 Å². The Bertz CT molecular complexity index is 3790. The molecular weight excluding hydrogens is 1890 g/mol. The molecule has 1 heterocycles. The van der Waals surface area contributed by atoms with Gasteiger partial charge in [-0.2, -0.15) is 10.9 Å². The summed E-state index contributed by atoms with van der Waals surface area (Å²) in [5.41, 5.74) is 0.863. The van der Waals surface area contributed by atoms with Crippen LogP contribution >= 0.6 is 146 Å². The smallest absolute Gasteiger partial charge is 0.344 e. The van der Waals surface area contributed by atoms with Crippen molar-refractivity contribution in [3.63, 3.8) is 0 Å².